The number of nitrogens with zero attached hydrogens (tertiary/aromatic N) is 3. The molecule has 0 aliphatic heterocycles. The fourth-order valence-electron chi connectivity index (χ4n) is 4.89. The minimum atomic E-state index is -0.856. The van der Waals surface area contributed by atoms with Crippen LogP contribution in [0.25, 0.3) is 0 Å². The van der Waals surface area contributed by atoms with Gasteiger partial charge in [-0.25, -0.2) is 9.78 Å². The molecule has 1 heterocycles. The minimum absolute atomic E-state index is 0.137. The molecular weight excluding hydrogens is 546 g/mol. The van der Waals surface area contributed by atoms with Crippen molar-refractivity contribution in [1.29, 1.82) is 0 Å². The zero-order valence-corrected chi connectivity index (χ0v) is 26.1. The SMILES string of the molecule is Cc1ccc(C(=O)N(CCCNC(=O)OC(C)(C)C)C(c2nc(C)c(C(N)=O)c(=O)n2Cc2ccccc2)C(C)C)cc1. The summed E-state index contributed by atoms with van der Waals surface area (Å²) in [5.74, 6) is -0.925. The van der Waals surface area contributed by atoms with Crippen LogP contribution in [0.3, 0.4) is 0 Å². The topological polar surface area (TPSA) is 137 Å². The van der Waals surface area contributed by atoms with E-state index in [4.69, 9.17) is 15.5 Å². The van der Waals surface area contributed by atoms with E-state index in [-0.39, 0.29) is 42.7 Å². The molecule has 2 aromatic carbocycles. The first-order chi connectivity index (χ1) is 20.2. The van der Waals surface area contributed by atoms with Gasteiger partial charge in [-0.3, -0.25) is 19.0 Å². The highest BCUT2D eigenvalue weighted by atomic mass is 16.6. The van der Waals surface area contributed by atoms with Crippen LogP contribution in [0.15, 0.2) is 59.4 Å². The normalized spacial score (nSPS) is 12.1. The summed E-state index contributed by atoms with van der Waals surface area (Å²) in [4.78, 5) is 58.9. The predicted octanol–water partition coefficient (Wildman–Crippen LogP) is 4.76. The molecule has 3 aromatic rings. The van der Waals surface area contributed by atoms with E-state index < -0.39 is 29.2 Å². The van der Waals surface area contributed by atoms with Crippen molar-refractivity contribution in [1.82, 2.24) is 19.8 Å². The van der Waals surface area contributed by atoms with Crippen LogP contribution in [0, 0.1) is 19.8 Å². The molecule has 1 aromatic heterocycles. The molecule has 0 bridgehead atoms. The second-order valence-electron chi connectivity index (χ2n) is 12.0. The number of carbonyl (C=O) groups excluding carboxylic acids is 3. The maximum atomic E-state index is 14.1. The molecule has 0 saturated heterocycles. The third-order valence-corrected chi connectivity index (χ3v) is 6.84. The van der Waals surface area contributed by atoms with Crippen molar-refractivity contribution in [3.8, 4) is 0 Å². The molecule has 0 spiro atoms. The Hall–Kier alpha value is -4.47. The van der Waals surface area contributed by atoms with Crippen molar-refractivity contribution in [3.63, 3.8) is 0 Å². The van der Waals surface area contributed by atoms with Gasteiger partial charge in [0.05, 0.1) is 18.3 Å². The zero-order chi connectivity index (χ0) is 31.9. The first-order valence-corrected chi connectivity index (χ1v) is 14.5. The average Bonchev–Trinajstić information content (AvgIpc) is 2.91. The second kappa shape index (κ2) is 14.1. The Morgan fingerprint density at radius 1 is 1.02 bits per heavy atom. The lowest BCUT2D eigenvalue weighted by Gasteiger charge is -2.36. The monoisotopic (exact) mass is 589 g/mol. The van der Waals surface area contributed by atoms with Gasteiger partial charge in [0.2, 0.25) is 0 Å². The molecule has 43 heavy (non-hydrogen) atoms. The number of carbonyl (C=O) groups is 3. The quantitative estimate of drug-likeness (QED) is 0.310. The Kier molecular flexibility index (Phi) is 10.9. The summed E-state index contributed by atoms with van der Waals surface area (Å²) in [6.45, 7) is 13.4. The summed E-state index contributed by atoms with van der Waals surface area (Å²) < 4.78 is 6.79. The van der Waals surface area contributed by atoms with E-state index in [1.807, 2.05) is 63.2 Å². The summed E-state index contributed by atoms with van der Waals surface area (Å²) in [6, 6.07) is 16.0. The van der Waals surface area contributed by atoms with Crippen molar-refractivity contribution >= 4 is 17.9 Å². The predicted molar refractivity (Wildman–Crippen MR) is 166 cm³/mol. The highest BCUT2D eigenvalue weighted by Gasteiger charge is 2.33. The summed E-state index contributed by atoms with van der Waals surface area (Å²) >= 11 is 0. The Labute approximate surface area is 253 Å². The van der Waals surface area contributed by atoms with E-state index in [0.717, 1.165) is 11.1 Å². The molecular formula is C33H43N5O5. The van der Waals surface area contributed by atoms with E-state index in [9.17, 15) is 19.2 Å². The summed E-state index contributed by atoms with van der Waals surface area (Å²) in [7, 11) is 0. The van der Waals surface area contributed by atoms with Gasteiger partial charge in [-0.05, 0) is 64.7 Å². The molecule has 0 aliphatic carbocycles. The van der Waals surface area contributed by atoms with Crippen LogP contribution >= 0.6 is 0 Å². The van der Waals surface area contributed by atoms with Gasteiger partial charge in [0.25, 0.3) is 17.4 Å². The zero-order valence-electron chi connectivity index (χ0n) is 26.1. The third kappa shape index (κ3) is 8.76. The summed E-state index contributed by atoms with van der Waals surface area (Å²) in [6.07, 6.45) is -0.123. The van der Waals surface area contributed by atoms with Crippen LogP contribution in [-0.4, -0.2) is 51.0 Å². The fraction of sp³-hybridized carbons (Fsp3) is 0.424. The maximum absolute atomic E-state index is 14.1. The highest BCUT2D eigenvalue weighted by molar-refractivity contribution is 5.95. The largest absolute Gasteiger partial charge is 0.444 e. The Balaban J connectivity index is 2.10. The lowest BCUT2D eigenvalue weighted by Crippen LogP contribution is -2.44. The van der Waals surface area contributed by atoms with Crippen LogP contribution < -0.4 is 16.6 Å². The van der Waals surface area contributed by atoms with Crippen molar-refractivity contribution in [2.75, 3.05) is 13.1 Å². The summed E-state index contributed by atoms with van der Waals surface area (Å²) in [5.41, 5.74) is 6.76. The number of ether oxygens (including phenoxy) is 1. The van der Waals surface area contributed by atoms with Gasteiger partial charge in [-0.2, -0.15) is 0 Å². The van der Waals surface area contributed by atoms with Crippen LogP contribution in [0.2, 0.25) is 0 Å². The standard InChI is InChI=1S/C33H43N5O5/c1-21(2)27(29-36-23(4)26(28(34)39)31(41)38(29)20-24-12-9-8-10-13-24)37(30(40)25-16-14-22(3)15-17-25)19-11-18-35-32(42)43-33(5,6)7/h8-10,12-17,21,27H,11,18-20H2,1-7H3,(H2,34,39)(H,35,42). The van der Waals surface area contributed by atoms with E-state index >= 15 is 0 Å². The number of rotatable bonds is 11. The number of primary amides is 1. The van der Waals surface area contributed by atoms with Gasteiger partial charge in [0.15, 0.2) is 0 Å². The van der Waals surface area contributed by atoms with Crippen LogP contribution in [0.5, 0.6) is 0 Å². The van der Waals surface area contributed by atoms with Gasteiger partial charge in [-0.15, -0.1) is 0 Å². The van der Waals surface area contributed by atoms with E-state index in [2.05, 4.69) is 5.32 Å². The van der Waals surface area contributed by atoms with Crippen molar-refractivity contribution in [2.45, 2.75) is 73.1 Å². The lowest BCUT2D eigenvalue weighted by atomic mass is 9.98. The van der Waals surface area contributed by atoms with Crippen LogP contribution in [0.1, 0.15) is 90.4 Å². The van der Waals surface area contributed by atoms with Gasteiger partial charge >= 0.3 is 6.09 Å². The molecule has 1 unspecified atom stereocenters. The van der Waals surface area contributed by atoms with Crippen molar-refractivity contribution < 1.29 is 19.1 Å². The first kappa shape index (κ1) is 33.0. The molecule has 10 heteroatoms. The number of aryl methyl sites for hydroxylation is 2. The smallest absolute Gasteiger partial charge is 0.407 e. The van der Waals surface area contributed by atoms with Crippen molar-refractivity contribution in [2.24, 2.45) is 11.7 Å². The van der Waals surface area contributed by atoms with Gasteiger partial charge < -0.3 is 20.7 Å². The molecule has 0 aliphatic rings. The number of amides is 3. The fourth-order valence-corrected chi connectivity index (χ4v) is 4.89. The molecule has 10 nitrogen and oxygen atoms in total. The van der Waals surface area contributed by atoms with E-state index in [0.29, 0.717) is 17.8 Å². The van der Waals surface area contributed by atoms with Gasteiger partial charge in [0, 0.05) is 18.7 Å². The lowest BCUT2D eigenvalue weighted by molar-refractivity contribution is 0.0519. The number of alkyl carbamates (subject to hydrolysis) is 1. The number of hydrogen-bond donors (Lipinski definition) is 2. The molecule has 0 fully saturated rings. The van der Waals surface area contributed by atoms with Crippen molar-refractivity contribution in [3.05, 3.63) is 98.7 Å². The van der Waals surface area contributed by atoms with Gasteiger partial charge in [0.1, 0.15) is 17.0 Å². The van der Waals surface area contributed by atoms with E-state index in [1.54, 1.807) is 44.7 Å². The number of hydrogen-bond acceptors (Lipinski definition) is 6. The molecule has 1 atom stereocenters. The number of benzene rings is 2. The number of nitrogens with one attached hydrogen (secondary N) is 1. The molecule has 0 saturated carbocycles. The molecule has 3 N–H and O–H groups in total. The van der Waals surface area contributed by atoms with Crippen LogP contribution in [0.4, 0.5) is 4.79 Å². The molecule has 230 valence electrons. The van der Waals surface area contributed by atoms with Gasteiger partial charge in [-0.1, -0.05) is 61.9 Å². The average molecular weight is 590 g/mol. The number of nitrogens with two attached hydrogens (primary N) is 1. The molecule has 3 rings (SSSR count). The third-order valence-electron chi connectivity index (χ3n) is 6.84. The molecule has 3 amide bonds. The highest BCUT2D eigenvalue weighted by Crippen LogP contribution is 2.30. The maximum Gasteiger partial charge on any atom is 0.407 e. The first-order valence-electron chi connectivity index (χ1n) is 14.5. The Morgan fingerprint density at radius 3 is 2.21 bits per heavy atom. The number of aromatic nitrogens is 2. The minimum Gasteiger partial charge on any atom is -0.444 e. The Morgan fingerprint density at radius 2 is 1.65 bits per heavy atom. The molecule has 0 radical (unpaired) electrons. The summed E-state index contributed by atoms with van der Waals surface area (Å²) in [5, 5.41) is 2.75. The van der Waals surface area contributed by atoms with E-state index in [1.165, 1.54) is 4.57 Å². The Bertz CT molecular complexity index is 1490. The van der Waals surface area contributed by atoms with Crippen LogP contribution in [-0.2, 0) is 11.3 Å². The second-order valence-corrected chi connectivity index (χ2v) is 12.0.